The van der Waals surface area contributed by atoms with Gasteiger partial charge in [-0.1, -0.05) is 12.1 Å². The number of ether oxygens (including phenoxy) is 1. The quantitative estimate of drug-likeness (QED) is 0.667. The van der Waals surface area contributed by atoms with Crippen LogP contribution in [0.2, 0.25) is 0 Å². The molecule has 1 amide bonds. The largest absolute Gasteiger partial charge is 0.465 e. The fourth-order valence-corrected chi connectivity index (χ4v) is 1.95. The highest BCUT2D eigenvalue weighted by atomic mass is 19.4. The van der Waals surface area contributed by atoms with Crippen LogP contribution in [0.5, 0.6) is 0 Å². The Kier molecular flexibility index (Phi) is 5.59. The smallest absolute Gasteiger partial charge is 0.416 e. The number of rotatable bonds is 4. The van der Waals surface area contributed by atoms with Crippen molar-refractivity contribution in [1.82, 2.24) is 0 Å². The summed E-state index contributed by atoms with van der Waals surface area (Å²) < 4.78 is 42.0. The Bertz CT molecular complexity index is 779. The molecule has 2 aromatic rings. The van der Waals surface area contributed by atoms with E-state index in [4.69, 9.17) is 0 Å². The maximum absolute atomic E-state index is 12.5. The van der Waals surface area contributed by atoms with E-state index in [0.29, 0.717) is 16.8 Å². The number of benzene rings is 2. The first-order valence-electron chi connectivity index (χ1n) is 7.14. The molecule has 2 rings (SSSR count). The lowest BCUT2D eigenvalue weighted by Crippen LogP contribution is -2.08. The van der Waals surface area contributed by atoms with Gasteiger partial charge in [0.2, 0.25) is 5.91 Å². The number of hydrogen-bond acceptors (Lipinski definition) is 3. The molecule has 4 nitrogen and oxygen atoms in total. The first-order chi connectivity index (χ1) is 11.8. The van der Waals surface area contributed by atoms with Crippen molar-refractivity contribution in [2.45, 2.75) is 6.18 Å². The molecule has 0 bridgehead atoms. The van der Waals surface area contributed by atoms with Gasteiger partial charge in [0.15, 0.2) is 0 Å². The SMILES string of the molecule is COC(=O)c1ccc(NC(=O)C=Cc2ccc(C(F)(F)F)cc2)cc1. The van der Waals surface area contributed by atoms with Crippen LogP contribution in [0.25, 0.3) is 6.08 Å². The molecule has 0 saturated carbocycles. The van der Waals surface area contributed by atoms with Gasteiger partial charge in [-0.2, -0.15) is 13.2 Å². The molecule has 130 valence electrons. The van der Waals surface area contributed by atoms with E-state index in [9.17, 15) is 22.8 Å². The van der Waals surface area contributed by atoms with Crippen LogP contribution < -0.4 is 5.32 Å². The van der Waals surface area contributed by atoms with Crippen LogP contribution in [0.1, 0.15) is 21.5 Å². The van der Waals surface area contributed by atoms with E-state index in [1.165, 1.54) is 55.7 Å². The van der Waals surface area contributed by atoms with Gasteiger partial charge in [0.05, 0.1) is 18.2 Å². The second-order valence-electron chi connectivity index (χ2n) is 5.01. The van der Waals surface area contributed by atoms with Crippen molar-refractivity contribution < 1.29 is 27.5 Å². The summed E-state index contributed by atoms with van der Waals surface area (Å²) in [6.45, 7) is 0. The highest BCUT2D eigenvalue weighted by Crippen LogP contribution is 2.29. The molecule has 0 aliphatic heterocycles. The van der Waals surface area contributed by atoms with Crippen molar-refractivity contribution in [1.29, 1.82) is 0 Å². The van der Waals surface area contributed by atoms with E-state index in [-0.39, 0.29) is 0 Å². The number of alkyl halides is 3. The van der Waals surface area contributed by atoms with Crippen LogP contribution in [0, 0.1) is 0 Å². The third-order valence-corrected chi connectivity index (χ3v) is 3.24. The molecule has 0 spiro atoms. The van der Waals surface area contributed by atoms with Gasteiger partial charge in [0.1, 0.15) is 0 Å². The maximum Gasteiger partial charge on any atom is 0.416 e. The van der Waals surface area contributed by atoms with Gasteiger partial charge in [-0.3, -0.25) is 4.79 Å². The molecular weight excluding hydrogens is 335 g/mol. The fraction of sp³-hybridized carbons (Fsp3) is 0.111. The molecule has 0 radical (unpaired) electrons. The zero-order chi connectivity index (χ0) is 18.4. The summed E-state index contributed by atoms with van der Waals surface area (Å²) in [5.41, 5.74) is 0.527. The topological polar surface area (TPSA) is 55.4 Å². The second kappa shape index (κ2) is 7.65. The van der Waals surface area contributed by atoms with Crippen LogP contribution in [-0.4, -0.2) is 19.0 Å². The average Bonchev–Trinajstić information content (AvgIpc) is 2.59. The highest BCUT2D eigenvalue weighted by Gasteiger charge is 2.29. The van der Waals surface area contributed by atoms with Crippen LogP contribution in [-0.2, 0) is 15.7 Å². The summed E-state index contributed by atoms with van der Waals surface area (Å²) in [5.74, 6) is -0.939. The molecule has 0 aliphatic rings. The van der Waals surface area contributed by atoms with Crippen molar-refractivity contribution >= 4 is 23.6 Å². The zero-order valence-corrected chi connectivity index (χ0v) is 13.1. The molecule has 7 heteroatoms. The minimum atomic E-state index is -4.39. The number of hydrogen-bond donors (Lipinski definition) is 1. The lowest BCUT2D eigenvalue weighted by molar-refractivity contribution is -0.137. The summed E-state index contributed by atoms with van der Waals surface area (Å²) in [5, 5.41) is 2.57. The second-order valence-corrected chi connectivity index (χ2v) is 5.01. The van der Waals surface area contributed by atoms with Crippen LogP contribution >= 0.6 is 0 Å². The Morgan fingerprint density at radius 3 is 2.12 bits per heavy atom. The maximum atomic E-state index is 12.5. The lowest BCUT2D eigenvalue weighted by atomic mass is 10.1. The summed E-state index contributed by atoms with van der Waals surface area (Å²) in [6, 6.07) is 10.5. The van der Waals surface area contributed by atoms with E-state index in [0.717, 1.165) is 12.1 Å². The van der Waals surface area contributed by atoms with Gasteiger partial charge in [-0.25, -0.2) is 4.79 Å². The fourth-order valence-electron chi connectivity index (χ4n) is 1.95. The Morgan fingerprint density at radius 2 is 1.60 bits per heavy atom. The van der Waals surface area contributed by atoms with Crippen LogP contribution in [0.15, 0.2) is 54.6 Å². The van der Waals surface area contributed by atoms with E-state index in [2.05, 4.69) is 10.1 Å². The number of halogens is 3. The average molecular weight is 349 g/mol. The van der Waals surface area contributed by atoms with E-state index in [1.54, 1.807) is 0 Å². The van der Waals surface area contributed by atoms with Crippen molar-refractivity contribution in [3.8, 4) is 0 Å². The molecule has 0 unspecified atom stereocenters. The van der Waals surface area contributed by atoms with Gasteiger partial charge in [0, 0.05) is 11.8 Å². The minimum Gasteiger partial charge on any atom is -0.465 e. The third kappa shape index (κ3) is 5.20. The molecule has 0 aliphatic carbocycles. The van der Waals surface area contributed by atoms with E-state index in [1.807, 2.05) is 0 Å². The lowest BCUT2D eigenvalue weighted by Gasteiger charge is -2.06. The Hall–Kier alpha value is -3.09. The number of nitrogens with one attached hydrogen (secondary N) is 1. The molecular formula is C18H14F3NO3. The Morgan fingerprint density at radius 1 is 1.00 bits per heavy atom. The Balaban J connectivity index is 1.97. The zero-order valence-electron chi connectivity index (χ0n) is 13.1. The molecule has 1 N–H and O–H groups in total. The van der Waals surface area contributed by atoms with Gasteiger partial charge >= 0.3 is 12.1 Å². The van der Waals surface area contributed by atoms with Crippen LogP contribution in [0.3, 0.4) is 0 Å². The molecule has 0 atom stereocenters. The first kappa shape index (κ1) is 18.3. The van der Waals surface area contributed by atoms with Gasteiger partial charge in [-0.15, -0.1) is 0 Å². The predicted molar refractivity (Wildman–Crippen MR) is 86.9 cm³/mol. The van der Waals surface area contributed by atoms with E-state index < -0.39 is 23.6 Å². The van der Waals surface area contributed by atoms with Gasteiger partial charge in [0.25, 0.3) is 0 Å². The molecule has 0 heterocycles. The minimum absolute atomic E-state index is 0.348. The number of carbonyl (C=O) groups is 2. The van der Waals surface area contributed by atoms with Crippen molar-refractivity contribution in [2.24, 2.45) is 0 Å². The molecule has 25 heavy (non-hydrogen) atoms. The third-order valence-electron chi connectivity index (χ3n) is 3.24. The Labute approximate surface area is 141 Å². The monoisotopic (exact) mass is 349 g/mol. The van der Waals surface area contributed by atoms with Crippen molar-refractivity contribution in [3.05, 3.63) is 71.3 Å². The number of methoxy groups -OCH3 is 1. The normalized spacial score (nSPS) is 11.4. The first-order valence-corrected chi connectivity index (χ1v) is 7.14. The van der Waals surface area contributed by atoms with Gasteiger partial charge in [-0.05, 0) is 48.0 Å². The molecule has 0 fully saturated rings. The van der Waals surface area contributed by atoms with E-state index >= 15 is 0 Å². The summed E-state index contributed by atoms with van der Waals surface area (Å²) in [6.07, 6.45) is -1.79. The molecule has 2 aromatic carbocycles. The number of carbonyl (C=O) groups excluding carboxylic acids is 2. The van der Waals surface area contributed by atoms with Crippen molar-refractivity contribution in [2.75, 3.05) is 12.4 Å². The summed E-state index contributed by atoms with van der Waals surface area (Å²) in [4.78, 5) is 23.1. The predicted octanol–water partition coefficient (Wildman–Crippen LogP) is 4.14. The summed E-state index contributed by atoms with van der Waals surface area (Å²) in [7, 11) is 1.27. The van der Waals surface area contributed by atoms with Crippen LogP contribution in [0.4, 0.5) is 18.9 Å². The number of esters is 1. The number of amides is 1. The summed E-state index contributed by atoms with van der Waals surface area (Å²) >= 11 is 0. The highest BCUT2D eigenvalue weighted by molar-refractivity contribution is 6.02. The molecule has 0 saturated heterocycles. The standard InChI is InChI=1S/C18H14F3NO3/c1-25-17(24)13-5-9-15(10-6-13)22-16(23)11-4-12-2-7-14(8-3-12)18(19,20)21/h2-11H,1H3,(H,22,23). The van der Waals surface area contributed by atoms with Gasteiger partial charge < -0.3 is 10.1 Å². The van der Waals surface area contributed by atoms with Crippen molar-refractivity contribution in [3.63, 3.8) is 0 Å². The molecule has 0 aromatic heterocycles. The number of anilines is 1.